The molecule has 0 atom stereocenters. The number of hydrogen-bond acceptors (Lipinski definition) is 5. The first-order valence-electron chi connectivity index (χ1n) is 9.42. The molecule has 0 radical (unpaired) electrons. The van der Waals surface area contributed by atoms with Crippen LogP contribution in [0.1, 0.15) is 21.5 Å². The van der Waals surface area contributed by atoms with Crippen molar-refractivity contribution in [3.8, 4) is 11.5 Å². The summed E-state index contributed by atoms with van der Waals surface area (Å²) in [5.74, 6) is 2.11. The van der Waals surface area contributed by atoms with Crippen LogP contribution >= 0.6 is 0 Å². The second kappa shape index (κ2) is 10.1. The van der Waals surface area contributed by atoms with E-state index in [9.17, 15) is 4.79 Å². The van der Waals surface area contributed by atoms with Gasteiger partial charge in [0, 0.05) is 30.4 Å². The van der Waals surface area contributed by atoms with Crippen LogP contribution in [0.2, 0.25) is 0 Å². The van der Waals surface area contributed by atoms with Crippen molar-refractivity contribution in [2.45, 2.75) is 13.0 Å². The second-order valence-electron chi connectivity index (χ2n) is 6.45. The van der Waals surface area contributed by atoms with Gasteiger partial charge in [0.2, 0.25) is 0 Å². The lowest BCUT2D eigenvalue weighted by molar-refractivity contribution is 0.0950. The predicted octanol–water partition coefficient (Wildman–Crippen LogP) is 3.68. The summed E-state index contributed by atoms with van der Waals surface area (Å²) in [6.07, 6.45) is 2.48. The van der Waals surface area contributed by atoms with Crippen LogP contribution in [0.3, 0.4) is 0 Å². The monoisotopic (exact) mass is 391 g/mol. The summed E-state index contributed by atoms with van der Waals surface area (Å²) in [6.45, 7) is 1.11. The molecule has 6 heteroatoms. The van der Waals surface area contributed by atoms with Gasteiger partial charge in [0.25, 0.3) is 5.91 Å². The third kappa shape index (κ3) is 5.72. The third-order valence-electron chi connectivity index (χ3n) is 4.53. The van der Waals surface area contributed by atoms with Crippen molar-refractivity contribution in [3.63, 3.8) is 0 Å². The average molecular weight is 391 g/mol. The van der Waals surface area contributed by atoms with Crippen LogP contribution in [0.5, 0.6) is 11.5 Å². The number of para-hydroxylation sites is 1. The number of aromatic nitrogens is 1. The number of rotatable bonds is 9. The van der Waals surface area contributed by atoms with Gasteiger partial charge in [0.1, 0.15) is 17.3 Å². The Morgan fingerprint density at radius 1 is 1.00 bits per heavy atom. The highest BCUT2D eigenvalue weighted by Crippen LogP contribution is 2.17. The van der Waals surface area contributed by atoms with Crippen LogP contribution in [0.4, 0.5) is 5.82 Å². The van der Waals surface area contributed by atoms with E-state index in [1.807, 2.05) is 48.5 Å². The molecule has 1 heterocycles. The van der Waals surface area contributed by atoms with Gasteiger partial charge in [-0.05, 0) is 42.3 Å². The SMILES string of the molecule is COc1ccc(CCNc2cc(C(=O)NCc3ccccc3OC)ccn2)cc1. The van der Waals surface area contributed by atoms with Gasteiger partial charge in [0.15, 0.2) is 0 Å². The number of nitrogens with zero attached hydrogens (tertiary/aromatic N) is 1. The summed E-state index contributed by atoms with van der Waals surface area (Å²) in [5.41, 5.74) is 2.68. The number of anilines is 1. The normalized spacial score (nSPS) is 10.3. The smallest absolute Gasteiger partial charge is 0.251 e. The number of nitrogens with one attached hydrogen (secondary N) is 2. The standard InChI is InChI=1S/C23H25N3O3/c1-28-20-9-7-17(8-10-20)11-13-24-22-15-18(12-14-25-22)23(27)26-16-19-5-3-4-6-21(19)29-2/h3-10,12,14-15H,11,13,16H2,1-2H3,(H,24,25)(H,26,27). The van der Waals surface area contributed by atoms with E-state index in [-0.39, 0.29) is 5.91 Å². The Morgan fingerprint density at radius 2 is 1.79 bits per heavy atom. The fraction of sp³-hybridized carbons (Fsp3) is 0.217. The van der Waals surface area contributed by atoms with Gasteiger partial charge in [-0.3, -0.25) is 4.79 Å². The number of amides is 1. The van der Waals surface area contributed by atoms with Crippen molar-refractivity contribution in [1.82, 2.24) is 10.3 Å². The molecule has 0 bridgehead atoms. The molecule has 0 aliphatic heterocycles. The van der Waals surface area contributed by atoms with Crippen LogP contribution in [0.25, 0.3) is 0 Å². The molecule has 0 fully saturated rings. The zero-order chi connectivity index (χ0) is 20.5. The number of benzene rings is 2. The molecule has 0 saturated heterocycles. The maximum Gasteiger partial charge on any atom is 0.251 e. The topological polar surface area (TPSA) is 72.5 Å². The molecular formula is C23H25N3O3. The number of ether oxygens (including phenoxy) is 2. The van der Waals surface area contributed by atoms with E-state index in [1.165, 1.54) is 5.56 Å². The Morgan fingerprint density at radius 3 is 2.55 bits per heavy atom. The molecule has 6 nitrogen and oxygen atoms in total. The zero-order valence-corrected chi connectivity index (χ0v) is 16.6. The second-order valence-corrected chi connectivity index (χ2v) is 6.45. The molecule has 0 aliphatic carbocycles. The molecule has 3 rings (SSSR count). The van der Waals surface area contributed by atoms with Crippen LogP contribution in [-0.4, -0.2) is 31.7 Å². The summed E-state index contributed by atoms with van der Waals surface area (Å²) in [4.78, 5) is 16.8. The summed E-state index contributed by atoms with van der Waals surface area (Å²) in [5, 5.41) is 6.19. The summed E-state index contributed by atoms with van der Waals surface area (Å²) >= 11 is 0. The molecule has 0 saturated carbocycles. The summed E-state index contributed by atoms with van der Waals surface area (Å²) in [7, 11) is 3.27. The molecule has 1 amide bonds. The zero-order valence-electron chi connectivity index (χ0n) is 16.6. The van der Waals surface area contributed by atoms with E-state index in [0.29, 0.717) is 24.5 Å². The van der Waals surface area contributed by atoms with Crippen LogP contribution in [-0.2, 0) is 13.0 Å². The molecule has 0 unspecified atom stereocenters. The van der Waals surface area contributed by atoms with Gasteiger partial charge in [-0.2, -0.15) is 0 Å². The van der Waals surface area contributed by atoms with Gasteiger partial charge < -0.3 is 20.1 Å². The van der Waals surface area contributed by atoms with Crippen molar-refractivity contribution in [2.75, 3.05) is 26.1 Å². The van der Waals surface area contributed by atoms with E-state index in [1.54, 1.807) is 32.5 Å². The number of carbonyl (C=O) groups is 1. The van der Waals surface area contributed by atoms with Crippen molar-refractivity contribution >= 4 is 11.7 Å². The molecule has 150 valence electrons. The fourth-order valence-corrected chi connectivity index (χ4v) is 2.92. The van der Waals surface area contributed by atoms with Crippen LogP contribution in [0, 0.1) is 0 Å². The van der Waals surface area contributed by atoms with Crippen molar-refractivity contribution in [1.29, 1.82) is 0 Å². The van der Waals surface area contributed by atoms with E-state index >= 15 is 0 Å². The van der Waals surface area contributed by atoms with Crippen molar-refractivity contribution in [3.05, 3.63) is 83.6 Å². The van der Waals surface area contributed by atoms with Gasteiger partial charge in [0.05, 0.1) is 14.2 Å². The first kappa shape index (κ1) is 20.2. The molecule has 3 aromatic rings. The molecule has 1 aromatic heterocycles. The summed E-state index contributed by atoms with van der Waals surface area (Å²) < 4.78 is 10.5. The molecule has 2 aromatic carbocycles. The number of hydrogen-bond donors (Lipinski definition) is 2. The Balaban J connectivity index is 1.53. The highest BCUT2D eigenvalue weighted by molar-refractivity contribution is 5.94. The molecular weight excluding hydrogens is 366 g/mol. The molecule has 0 aliphatic rings. The van der Waals surface area contributed by atoms with Gasteiger partial charge in [-0.1, -0.05) is 30.3 Å². The van der Waals surface area contributed by atoms with Crippen LogP contribution < -0.4 is 20.1 Å². The minimum atomic E-state index is -0.156. The van der Waals surface area contributed by atoms with Gasteiger partial charge in [-0.25, -0.2) is 4.98 Å². The first-order valence-corrected chi connectivity index (χ1v) is 9.42. The Kier molecular flexibility index (Phi) is 7.05. The Hall–Kier alpha value is -3.54. The van der Waals surface area contributed by atoms with Crippen molar-refractivity contribution in [2.24, 2.45) is 0 Å². The average Bonchev–Trinajstić information content (AvgIpc) is 2.78. The van der Waals surface area contributed by atoms with Crippen molar-refractivity contribution < 1.29 is 14.3 Å². The highest BCUT2D eigenvalue weighted by atomic mass is 16.5. The first-order chi connectivity index (χ1) is 14.2. The van der Waals surface area contributed by atoms with Gasteiger partial charge >= 0.3 is 0 Å². The summed E-state index contributed by atoms with van der Waals surface area (Å²) in [6, 6.07) is 19.0. The lowest BCUT2D eigenvalue weighted by Gasteiger charge is -2.10. The molecule has 2 N–H and O–H groups in total. The third-order valence-corrected chi connectivity index (χ3v) is 4.53. The predicted molar refractivity (Wildman–Crippen MR) is 114 cm³/mol. The van der Waals surface area contributed by atoms with E-state index in [2.05, 4.69) is 15.6 Å². The molecule has 0 spiro atoms. The largest absolute Gasteiger partial charge is 0.497 e. The van der Waals surface area contributed by atoms with E-state index in [0.717, 1.165) is 23.5 Å². The highest BCUT2D eigenvalue weighted by Gasteiger charge is 2.09. The maximum atomic E-state index is 12.5. The number of methoxy groups -OCH3 is 2. The van der Waals surface area contributed by atoms with E-state index in [4.69, 9.17) is 9.47 Å². The quantitative estimate of drug-likeness (QED) is 0.582. The number of carbonyl (C=O) groups excluding carboxylic acids is 1. The van der Waals surface area contributed by atoms with Crippen LogP contribution in [0.15, 0.2) is 66.9 Å². The fourth-order valence-electron chi connectivity index (χ4n) is 2.92. The maximum absolute atomic E-state index is 12.5. The lowest BCUT2D eigenvalue weighted by Crippen LogP contribution is -2.23. The number of pyridine rings is 1. The lowest BCUT2D eigenvalue weighted by atomic mass is 10.1. The van der Waals surface area contributed by atoms with E-state index < -0.39 is 0 Å². The minimum absolute atomic E-state index is 0.156. The van der Waals surface area contributed by atoms with Gasteiger partial charge in [-0.15, -0.1) is 0 Å². The Labute approximate surface area is 170 Å². The minimum Gasteiger partial charge on any atom is -0.497 e. The molecule has 29 heavy (non-hydrogen) atoms. The Bertz CT molecular complexity index is 942.